The largest absolute Gasteiger partial charge is 0.339 e. The van der Waals surface area contributed by atoms with E-state index in [4.69, 9.17) is 0 Å². The summed E-state index contributed by atoms with van der Waals surface area (Å²) in [7, 11) is 0. The molecule has 4 nitrogen and oxygen atoms in total. The maximum absolute atomic E-state index is 13.5. The lowest BCUT2D eigenvalue weighted by molar-refractivity contribution is 0.0773. The number of hydrogen-bond donors (Lipinski definition) is 1. The summed E-state index contributed by atoms with van der Waals surface area (Å²) in [6.45, 7) is 9.11. The van der Waals surface area contributed by atoms with Gasteiger partial charge in [0.2, 0.25) is 0 Å². The minimum atomic E-state index is 0.0302. The van der Waals surface area contributed by atoms with Crippen LogP contribution in [0, 0.1) is 6.92 Å². The summed E-state index contributed by atoms with van der Waals surface area (Å²) < 4.78 is 0. The van der Waals surface area contributed by atoms with Gasteiger partial charge in [0.1, 0.15) is 0 Å². The Balaban J connectivity index is 1.99. The summed E-state index contributed by atoms with van der Waals surface area (Å²) in [6.07, 6.45) is 1.74. The van der Waals surface area contributed by atoms with Gasteiger partial charge in [-0.25, -0.2) is 0 Å². The highest BCUT2D eigenvalue weighted by Crippen LogP contribution is 2.29. The van der Waals surface area contributed by atoms with E-state index in [0.717, 1.165) is 42.6 Å². The number of piperidine rings is 1. The number of nitrogens with zero attached hydrogens (tertiary/aromatic N) is 1. The van der Waals surface area contributed by atoms with Crippen molar-refractivity contribution >= 4 is 17.3 Å². The molecule has 3 rings (SSSR count). The van der Waals surface area contributed by atoms with Gasteiger partial charge >= 0.3 is 0 Å². The van der Waals surface area contributed by atoms with Crippen LogP contribution in [0.5, 0.6) is 0 Å². The number of ketones is 1. The molecule has 4 heteroatoms. The highest BCUT2D eigenvalue weighted by Gasteiger charge is 2.21. The molecule has 1 aliphatic rings. The van der Waals surface area contributed by atoms with E-state index in [-0.39, 0.29) is 11.7 Å². The Morgan fingerprint density at radius 3 is 2.10 bits per heavy atom. The lowest BCUT2D eigenvalue weighted by Crippen LogP contribution is -2.30. The van der Waals surface area contributed by atoms with Crippen LogP contribution in [0.1, 0.15) is 58.5 Å². The predicted octanol–water partition coefficient (Wildman–Crippen LogP) is 4.50. The Bertz CT molecular complexity index is 901. The van der Waals surface area contributed by atoms with Crippen LogP contribution in [0.3, 0.4) is 0 Å². The quantitative estimate of drug-likeness (QED) is 0.584. The second-order valence-electron chi connectivity index (χ2n) is 7.48. The molecule has 0 aliphatic carbocycles. The molecule has 0 aromatic heterocycles. The van der Waals surface area contributed by atoms with Gasteiger partial charge in [0.05, 0.1) is 0 Å². The smallest absolute Gasteiger partial charge is 0.253 e. The minimum Gasteiger partial charge on any atom is -0.339 e. The molecular weight excluding hydrogens is 360 g/mol. The average Bonchev–Trinajstić information content (AvgIpc) is 2.76. The van der Waals surface area contributed by atoms with Crippen LogP contribution in [-0.2, 0) is 0 Å². The Kier molecular flexibility index (Phi) is 6.99. The summed E-state index contributed by atoms with van der Waals surface area (Å²) in [5.41, 5.74) is 5.33. The van der Waals surface area contributed by atoms with Crippen LogP contribution in [-0.4, -0.2) is 42.8 Å². The van der Waals surface area contributed by atoms with Crippen molar-refractivity contribution in [3.8, 4) is 0 Å². The third kappa shape index (κ3) is 4.83. The Hall–Kier alpha value is -2.72. The first-order valence-electron chi connectivity index (χ1n) is 10.5. The molecule has 1 N–H and O–H groups in total. The molecular formula is C25H30N2O2. The normalized spacial score (nSPS) is 13.8. The number of rotatable bonds is 6. The second-order valence-corrected chi connectivity index (χ2v) is 7.48. The monoisotopic (exact) mass is 390 g/mol. The molecule has 0 saturated carbocycles. The molecule has 1 aliphatic heterocycles. The standard InChI is InChI=1S/C25H30N2O2/c1-4-27(5-2)25(29)21-11-9-19(10-12-21)23(20-13-15-26-16-14-20)24(28)22-8-6-7-18(3)17-22/h6-12,17,26H,4-5,13-16H2,1-3H3. The van der Waals surface area contributed by atoms with E-state index in [0.29, 0.717) is 24.2 Å². The molecule has 1 heterocycles. The van der Waals surface area contributed by atoms with Crippen molar-refractivity contribution in [2.24, 2.45) is 0 Å². The third-order valence-electron chi connectivity index (χ3n) is 5.54. The van der Waals surface area contributed by atoms with Gasteiger partial charge in [-0.15, -0.1) is 0 Å². The molecule has 29 heavy (non-hydrogen) atoms. The fourth-order valence-electron chi connectivity index (χ4n) is 3.88. The summed E-state index contributed by atoms with van der Waals surface area (Å²) in [5.74, 6) is 0.0936. The van der Waals surface area contributed by atoms with Crippen molar-refractivity contribution in [3.63, 3.8) is 0 Å². The lowest BCUT2D eigenvalue weighted by atomic mass is 9.87. The number of benzene rings is 2. The van der Waals surface area contributed by atoms with E-state index in [2.05, 4.69) is 5.32 Å². The van der Waals surface area contributed by atoms with Crippen molar-refractivity contribution in [1.82, 2.24) is 10.2 Å². The van der Waals surface area contributed by atoms with E-state index in [9.17, 15) is 9.59 Å². The number of hydrogen-bond acceptors (Lipinski definition) is 3. The van der Waals surface area contributed by atoms with E-state index < -0.39 is 0 Å². The topological polar surface area (TPSA) is 49.4 Å². The van der Waals surface area contributed by atoms with Gasteiger partial charge < -0.3 is 10.2 Å². The van der Waals surface area contributed by atoms with Gasteiger partial charge in [0, 0.05) is 29.8 Å². The maximum Gasteiger partial charge on any atom is 0.253 e. The third-order valence-corrected chi connectivity index (χ3v) is 5.54. The lowest BCUT2D eigenvalue weighted by Gasteiger charge is -2.21. The van der Waals surface area contributed by atoms with Crippen LogP contribution in [0.4, 0.5) is 0 Å². The number of amides is 1. The summed E-state index contributed by atoms with van der Waals surface area (Å²) in [4.78, 5) is 27.9. The van der Waals surface area contributed by atoms with Crippen molar-refractivity contribution in [2.75, 3.05) is 26.2 Å². The van der Waals surface area contributed by atoms with Crippen molar-refractivity contribution in [1.29, 1.82) is 0 Å². The molecule has 1 amide bonds. The van der Waals surface area contributed by atoms with Crippen LogP contribution in [0.25, 0.3) is 5.57 Å². The molecule has 0 atom stereocenters. The molecule has 0 radical (unpaired) electrons. The first kappa shape index (κ1) is 21.0. The summed E-state index contributed by atoms with van der Waals surface area (Å²) in [6, 6.07) is 15.3. The van der Waals surface area contributed by atoms with E-state index in [1.54, 1.807) is 4.90 Å². The van der Waals surface area contributed by atoms with Gasteiger partial charge in [-0.2, -0.15) is 0 Å². The number of aryl methyl sites for hydroxylation is 1. The minimum absolute atomic E-state index is 0.0302. The van der Waals surface area contributed by atoms with Gasteiger partial charge in [0.25, 0.3) is 5.91 Å². The molecule has 1 saturated heterocycles. The summed E-state index contributed by atoms with van der Waals surface area (Å²) >= 11 is 0. The molecule has 2 aromatic carbocycles. The molecule has 0 spiro atoms. The molecule has 2 aromatic rings. The number of carbonyl (C=O) groups excluding carboxylic acids is 2. The van der Waals surface area contributed by atoms with E-state index >= 15 is 0 Å². The van der Waals surface area contributed by atoms with Crippen molar-refractivity contribution < 1.29 is 9.59 Å². The average molecular weight is 391 g/mol. The fraction of sp³-hybridized carbons (Fsp3) is 0.360. The molecule has 0 unspecified atom stereocenters. The second kappa shape index (κ2) is 9.66. The van der Waals surface area contributed by atoms with Gasteiger partial charge in [0.15, 0.2) is 5.78 Å². The molecule has 152 valence electrons. The van der Waals surface area contributed by atoms with Crippen LogP contribution in [0.15, 0.2) is 54.1 Å². The zero-order valence-electron chi connectivity index (χ0n) is 17.6. The van der Waals surface area contributed by atoms with E-state index in [1.807, 2.05) is 69.3 Å². The maximum atomic E-state index is 13.5. The van der Waals surface area contributed by atoms with Gasteiger partial charge in [-0.3, -0.25) is 9.59 Å². The Labute approximate surface area is 173 Å². The number of Topliss-reactive ketones (excluding diaryl/α,β-unsaturated/α-hetero) is 1. The Morgan fingerprint density at radius 1 is 0.897 bits per heavy atom. The van der Waals surface area contributed by atoms with Crippen molar-refractivity contribution in [3.05, 3.63) is 76.4 Å². The number of nitrogens with one attached hydrogen (secondary N) is 1. The zero-order chi connectivity index (χ0) is 20.8. The van der Waals surface area contributed by atoms with Crippen LogP contribution < -0.4 is 5.32 Å². The SMILES string of the molecule is CCN(CC)C(=O)c1ccc(C(C(=O)c2cccc(C)c2)=C2CCNCC2)cc1. The Morgan fingerprint density at radius 2 is 1.52 bits per heavy atom. The van der Waals surface area contributed by atoms with Gasteiger partial charge in [-0.05, 0) is 70.5 Å². The molecule has 0 bridgehead atoms. The van der Waals surface area contributed by atoms with Crippen LogP contribution >= 0.6 is 0 Å². The first-order valence-corrected chi connectivity index (χ1v) is 10.5. The molecule has 1 fully saturated rings. The van der Waals surface area contributed by atoms with Crippen LogP contribution in [0.2, 0.25) is 0 Å². The number of allylic oxidation sites excluding steroid dienone is 1. The van der Waals surface area contributed by atoms with E-state index in [1.165, 1.54) is 5.57 Å². The van der Waals surface area contributed by atoms with Crippen molar-refractivity contribution in [2.45, 2.75) is 33.6 Å². The fourth-order valence-corrected chi connectivity index (χ4v) is 3.88. The predicted molar refractivity (Wildman–Crippen MR) is 118 cm³/mol. The highest BCUT2D eigenvalue weighted by molar-refractivity contribution is 6.29. The number of carbonyl (C=O) groups is 2. The highest BCUT2D eigenvalue weighted by atomic mass is 16.2. The van der Waals surface area contributed by atoms with Gasteiger partial charge in [-0.1, -0.05) is 41.5 Å². The first-order chi connectivity index (χ1) is 14.0. The summed E-state index contributed by atoms with van der Waals surface area (Å²) in [5, 5.41) is 3.36. The zero-order valence-corrected chi connectivity index (χ0v) is 17.6.